The summed E-state index contributed by atoms with van der Waals surface area (Å²) < 4.78 is 0. The molecule has 3 aromatic rings. The third kappa shape index (κ3) is 8.97. The van der Waals surface area contributed by atoms with E-state index in [1.54, 1.807) is 13.8 Å². The number of carboxylic acids is 1. The van der Waals surface area contributed by atoms with Gasteiger partial charge in [0.2, 0.25) is 5.91 Å². The van der Waals surface area contributed by atoms with Crippen LogP contribution >= 0.6 is 0 Å². The van der Waals surface area contributed by atoms with Crippen LogP contribution in [0.2, 0.25) is 0 Å². The highest BCUT2D eigenvalue weighted by Gasteiger charge is 2.54. The first-order valence-corrected chi connectivity index (χ1v) is 16.5. The minimum atomic E-state index is -1.19. The SMILES string of the molecule is CCCCc1ccc(C(CC(=O)O)NC(=O)C(CC(C)C)N2C(=O)N(Cc3ccc(C=Cc4ccccc4)cc3)C(C)(C)C2=O)cc1. The van der Waals surface area contributed by atoms with Crippen LogP contribution in [-0.2, 0) is 27.3 Å². The Hall–Kier alpha value is -4.72. The van der Waals surface area contributed by atoms with Crippen molar-refractivity contribution in [3.05, 3.63) is 107 Å². The Labute approximate surface area is 278 Å². The average molecular weight is 638 g/mol. The van der Waals surface area contributed by atoms with Crippen LogP contribution in [-0.4, -0.2) is 50.3 Å². The van der Waals surface area contributed by atoms with Crippen molar-refractivity contribution in [3.63, 3.8) is 0 Å². The fourth-order valence-corrected chi connectivity index (χ4v) is 5.85. The van der Waals surface area contributed by atoms with Crippen LogP contribution in [0, 0.1) is 5.92 Å². The highest BCUT2D eigenvalue weighted by atomic mass is 16.4. The first-order valence-electron chi connectivity index (χ1n) is 16.5. The van der Waals surface area contributed by atoms with E-state index in [1.165, 1.54) is 4.90 Å². The maximum absolute atomic E-state index is 14.0. The summed E-state index contributed by atoms with van der Waals surface area (Å²) in [5, 5.41) is 12.6. The first-order chi connectivity index (χ1) is 22.4. The number of aliphatic carboxylic acids is 1. The number of aryl methyl sites for hydroxylation is 1. The van der Waals surface area contributed by atoms with E-state index in [0.717, 1.165) is 46.4 Å². The lowest BCUT2D eigenvalue weighted by Gasteiger charge is -2.29. The molecule has 0 radical (unpaired) electrons. The molecule has 2 N–H and O–H groups in total. The monoisotopic (exact) mass is 637 g/mol. The molecule has 0 aliphatic carbocycles. The van der Waals surface area contributed by atoms with Gasteiger partial charge in [-0.25, -0.2) is 9.69 Å². The number of hydrogen-bond donors (Lipinski definition) is 2. The fraction of sp³-hybridized carbons (Fsp3) is 0.385. The molecule has 0 bridgehead atoms. The summed E-state index contributed by atoms with van der Waals surface area (Å²) in [5.74, 6) is -2.08. The normalized spacial score (nSPS) is 15.8. The maximum atomic E-state index is 14.0. The lowest BCUT2D eigenvalue weighted by Crippen LogP contribution is -2.52. The zero-order chi connectivity index (χ0) is 34.1. The van der Waals surface area contributed by atoms with E-state index in [4.69, 9.17) is 0 Å². The molecule has 4 rings (SSSR count). The van der Waals surface area contributed by atoms with Crippen LogP contribution in [0.15, 0.2) is 78.9 Å². The lowest BCUT2D eigenvalue weighted by atomic mass is 9.97. The Balaban J connectivity index is 1.53. The Morgan fingerprint density at radius 1 is 0.872 bits per heavy atom. The summed E-state index contributed by atoms with van der Waals surface area (Å²) in [6.45, 7) is 9.56. The second kappa shape index (κ2) is 15.7. The number of carbonyl (C=O) groups excluding carboxylic acids is 3. The molecule has 1 fully saturated rings. The van der Waals surface area contributed by atoms with Crippen LogP contribution in [0.25, 0.3) is 12.2 Å². The molecule has 1 saturated heterocycles. The quantitative estimate of drug-likeness (QED) is 0.133. The largest absolute Gasteiger partial charge is 0.481 e. The number of hydrogen-bond acceptors (Lipinski definition) is 4. The molecule has 8 heteroatoms. The predicted octanol–water partition coefficient (Wildman–Crippen LogP) is 7.49. The summed E-state index contributed by atoms with van der Waals surface area (Å²) in [5.41, 5.74) is 3.56. The molecular weight excluding hydrogens is 590 g/mol. The number of amides is 4. The number of carbonyl (C=O) groups is 4. The van der Waals surface area contributed by atoms with Crippen molar-refractivity contribution in [2.75, 3.05) is 0 Å². The topological polar surface area (TPSA) is 107 Å². The van der Waals surface area contributed by atoms with Crippen molar-refractivity contribution in [1.29, 1.82) is 0 Å². The van der Waals surface area contributed by atoms with Crippen LogP contribution in [0.4, 0.5) is 4.79 Å². The molecule has 0 saturated carbocycles. The van der Waals surface area contributed by atoms with E-state index in [0.29, 0.717) is 5.56 Å². The highest BCUT2D eigenvalue weighted by Crippen LogP contribution is 2.33. The molecule has 1 heterocycles. The van der Waals surface area contributed by atoms with Gasteiger partial charge in [-0.15, -0.1) is 0 Å². The van der Waals surface area contributed by atoms with E-state index in [-0.39, 0.29) is 25.3 Å². The van der Waals surface area contributed by atoms with E-state index >= 15 is 0 Å². The lowest BCUT2D eigenvalue weighted by molar-refractivity contribution is -0.140. The van der Waals surface area contributed by atoms with Gasteiger partial charge in [0.25, 0.3) is 5.91 Å². The van der Waals surface area contributed by atoms with Crippen LogP contribution in [0.1, 0.15) is 94.2 Å². The zero-order valence-corrected chi connectivity index (χ0v) is 28.1. The van der Waals surface area contributed by atoms with Crippen molar-refractivity contribution < 1.29 is 24.3 Å². The Morgan fingerprint density at radius 2 is 1.47 bits per heavy atom. The first kappa shape index (κ1) is 35.1. The second-order valence-electron chi connectivity index (χ2n) is 13.2. The Bertz CT molecular complexity index is 1560. The van der Waals surface area contributed by atoms with Crippen molar-refractivity contribution in [2.24, 2.45) is 5.92 Å². The molecule has 1 aliphatic heterocycles. The van der Waals surface area contributed by atoms with Crippen LogP contribution in [0.3, 0.4) is 0 Å². The standard InChI is InChI=1S/C39H47N3O5/c1-6-7-11-29-20-22-32(23-21-29)33(25-35(43)44)40-36(45)34(24-27(2)3)42-37(46)39(4,5)41(38(42)47)26-31-18-16-30(17-19-31)15-14-28-12-9-8-10-13-28/h8-10,12-23,27,33-34H,6-7,11,24-26H2,1-5H3,(H,40,45)(H,43,44). The van der Waals surface area contributed by atoms with Crippen molar-refractivity contribution >= 4 is 36.0 Å². The van der Waals surface area contributed by atoms with Gasteiger partial charge in [-0.2, -0.15) is 0 Å². The highest BCUT2D eigenvalue weighted by molar-refractivity contribution is 6.09. The van der Waals surface area contributed by atoms with Gasteiger partial charge in [0.15, 0.2) is 0 Å². The maximum Gasteiger partial charge on any atom is 0.328 e. The summed E-state index contributed by atoms with van der Waals surface area (Å²) in [6, 6.07) is 23.0. The molecule has 0 spiro atoms. The number of nitrogens with zero attached hydrogens (tertiary/aromatic N) is 2. The minimum absolute atomic E-state index is 0.0178. The molecule has 8 nitrogen and oxygen atoms in total. The van der Waals surface area contributed by atoms with Gasteiger partial charge in [-0.3, -0.25) is 14.4 Å². The number of benzene rings is 3. The third-order valence-corrected chi connectivity index (χ3v) is 8.65. The molecule has 4 amide bonds. The van der Waals surface area contributed by atoms with Gasteiger partial charge in [0.05, 0.1) is 12.5 Å². The van der Waals surface area contributed by atoms with Gasteiger partial charge < -0.3 is 15.3 Å². The molecule has 2 unspecified atom stereocenters. The number of carboxylic acid groups (broad SMARTS) is 1. The smallest absolute Gasteiger partial charge is 0.328 e. The molecule has 2 atom stereocenters. The van der Waals surface area contributed by atoms with E-state index in [9.17, 15) is 24.3 Å². The van der Waals surface area contributed by atoms with Crippen molar-refractivity contribution in [3.8, 4) is 0 Å². The van der Waals surface area contributed by atoms with Gasteiger partial charge in [-0.05, 0) is 66.8 Å². The molecule has 248 valence electrons. The summed E-state index contributed by atoms with van der Waals surface area (Å²) in [6.07, 6.45) is 7.00. The molecule has 0 aromatic heterocycles. The van der Waals surface area contributed by atoms with E-state index in [2.05, 4.69) is 12.2 Å². The Kier molecular flexibility index (Phi) is 11.8. The van der Waals surface area contributed by atoms with Crippen molar-refractivity contribution in [2.45, 2.75) is 90.9 Å². The van der Waals surface area contributed by atoms with Crippen LogP contribution in [0.5, 0.6) is 0 Å². The number of unbranched alkanes of at least 4 members (excludes halogenated alkanes) is 1. The predicted molar refractivity (Wildman–Crippen MR) is 185 cm³/mol. The molecule has 1 aliphatic rings. The molecule has 47 heavy (non-hydrogen) atoms. The summed E-state index contributed by atoms with van der Waals surface area (Å²) >= 11 is 0. The van der Waals surface area contributed by atoms with Crippen LogP contribution < -0.4 is 5.32 Å². The number of urea groups is 1. The number of nitrogens with one attached hydrogen (secondary N) is 1. The third-order valence-electron chi connectivity index (χ3n) is 8.65. The molecule has 3 aromatic carbocycles. The number of imide groups is 1. The Morgan fingerprint density at radius 3 is 2.04 bits per heavy atom. The molecular formula is C39H47N3O5. The fourth-order valence-electron chi connectivity index (χ4n) is 5.85. The number of rotatable bonds is 15. The zero-order valence-electron chi connectivity index (χ0n) is 28.1. The van der Waals surface area contributed by atoms with E-state index in [1.807, 2.05) is 105 Å². The van der Waals surface area contributed by atoms with Gasteiger partial charge in [0.1, 0.15) is 11.6 Å². The van der Waals surface area contributed by atoms with Gasteiger partial charge >= 0.3 is 12.0 Å². The minimum Gasteiger partial charge on any atom is -0.481 e. The second-order valence-corrected chi connectivity index (χ2v) is 13.2. The van der Waals surface area contributed by atoms with Gasteiger partial charge in [-0.1, -0.05) is 118 Å². The summed E-state index contributed by atoms with van der Waals surface area (Å²) in [7, 11) is 0. The summed E-state index contributed by atoms with van der Waals surface area (Å²) in [4.78, 5) is 56.2. The van der Waals surface area contributed by atoms with Crippen molar-refractivity contribution in [1.82, 2.24) is 15.1 Å². The van der Waals surface area contributed by atoms with Gasteiger partial charge in [0, 0.05) is 6.54 Å². The van der Waals surface area contributed by atoms with E-state index < -0.39 is 41.4 Å². The average Bonchev–Trinajstić information content (AvgIpc) is 3.21.